The first kappa shape index (κ1) is 22.3. The van der Waals surface area contributed by atoms with E-state index in [1.807, 2.05) is 49.4 Å². The number of oxime groups is 1. The molecule has 2 aromatic carbocycles. The van der Waals surface area contributed by atoms with Gasteiger partial charge in [-0.3, -0.25) is 4.79 Å². The van der Waals surface area contributed by atoms with Gasteiger partial charge in [0.25, 0.3) is 0 Å². The van der Waals surface area contributed by atoms with Gasteiger partial charge in [-0.05, 0) is 57.0 Å². The molecule has 1 atom stereocenters. The van der Waals surface area contributed by atoms with E-state index in [2.05, 4.69) is 5.16 Å². The van der Waals surface area contributed by atoms with E-state index in [4.69, 9.17) is 14.3 Å². The Balaban J connectivity index is 1.75. The van der Waals surface area contributed by atoms with Gasteiger partial charge in [0.15, 0.2) is 0 Å². The summed E-state index contributed by atoms with van der Waals surface area (Å²) in [7, 11) is 0. The Morgan fingerprint density at radius 2 is 1.87 bits per heavy atom. The molecule has 1 N–H and O–H groups in total. The zero-order valence-electron chi connectivity index (χ0n) is 18.2. The van der Waals surface area contributed by atoms with Crippen molar-refractivity contribution in [2.24, 2.45) is 5.16 Å². The summed E-state index contributed by atoms with van der Waals surface area (Å²) in [6.45, 7) is 7.49. The molecule has 0 saturated carbocycles. The van der Waals surface area contributed by atoms with Crippen molar-refractivity contribution < 1.29 is 29.0 Å². The van der Waals surface area contributed by atoms with Crippen LogP contribution in [0, 0.1) is 6.92 Å². The van der Waals surface area contributed by atoms with Gasteiger partial charge in [0.05, 0.1) is 12.1 Å². The Bertz CT molecular complexity index is 993. The van der Waals surface area contributed by atoms with Gasteiger partial charge in [-0.1, -0.05) is 35.5 Å². The third kappa shape index (κ3) is 5.84. The smallest absolute Gasteiger partial charge is 0.351 e. The van der Waals surface area contributed by atoms with Gasteiger partial charge in [-0.25, -0.2) is 4.79 Å². The standard InChI is InChI=1S/C24H27NO6/c1-16-10-18(12-19(11-16)29-15-17-8-6-5-7-9-17)20-13-24(22(27)28,31-25-20)14-21(26)30-23(2,3)4/h5-12H,13-15H2,1-4H3,(H,27,28). The third-order valence-electron chi connectivity index (χ3n) is 4.66. The lowest BCUT2D eigenvalue weighted by atomic mass is 9.90. The van der Waals surface area contributed by atoms with Crippen molar-refractivity contribution >= 4 is 17.7 Å². The summed E-state index contributed by atoms with van der Waals surface area (Å²) in [6, 6.07) is 15.4. The van der Waals surface area contributed by atoms with E-state index >= 15 is 0 Å². The Hall–Kier alpha value is -3.35. The van der Waals surface area contributed by atoms with Gasteiger partial charge in [-0.15, -0.1) is 0 Å². The van der Waals surface area contributed by atoms with E-state index in [1.165, 1.54) is 0 Å². The number of nitrogens with zero attached hydrogens (tertiary/aromatic N) is 1. The number of carboxylic acid groups (broad SMARTS) is 1. The van der Waals surface area contributed by atoms with Crippen molar-refractivity contribution in [3.05, 3.63) is 65.2 Å². The Morgan fingerprint density at radius 1 is 1.16 bits per heavy atom. The lowest BCUT2D eigenvalue weighted by molar-refractivity contribution is -0.175. The number of hydrogen-bond acceptors (Lipinski definition) is 6. The van der Waals surface area contributed by atoms with Crippen LogP contribution in [0.15, 0.2) is 53.7 Å². The van der Waals surface area contributed by atoms with Gasteiger partial charge in [0.1, 0.15) is 18.0 Å². The zero-order valence-corrected chi connectivity index (χ0v) is 18.2. The number of esters is 1. The molecule has 1 aliphatic rings. The molecule has 0 saturated heterocycles. The summed E-state index contributed by atoms with van der Waals surface area (Å²) in [5.41, 5.74) is 0.597. The summed E-state index contributed by atoms with van der Waals surface area (Å²) >= 11 is 0. The van der Waals surface area contributed by atoms with Crippen molar-refractivity contribution in [2.75, 3.05) is 0 Å². The van der Waals surface area contributed by atoms with Gasteiger partial charge in [-0.2, -0.15) is 0 Å². The molecule has 7 nitrogen and oxygen atoms in total. The van der Waals surface area contributed by atoms with Crippen LogP contribution < -0.4 is 4.74 Å². The normalized spacial score (nSPS) is 18.1. The number of carbonyl (C=O) groups is 2. The number of carboxylic acids is 1. The van der Waals surface area contributed by atoms with Crippen molar-refractivity contribution in [3.63, 3.8) is 0 Å². The minimum atomic E-state index is -1.79. The number of aryl methyl sites for hydroxylation is 1. The van der Waals surface area contributed by atoms with Gasteiger partial charge in [0, 0.05) is 12.0 Å². The molecule has 0 fully saturated rings. The molecule has 0 spiro atoms. The SMILES string of the molecule is Cc1cc(OCc2ccccc2)cc(C2=NOC(CC(=O)OC(C)(C)C)(C(=O)O)C2)c1. The maximum Gasteiger partial charge on any atom is 0.351 e. The number of rotatable bonds is 7. The minimum absolute atomic E-state index is 0.0524. The Labute approximate surface area is 181 Å². The summed E-state index contributed by atoms with van der Waals surface area (Å²) in [6.07, 6.45) is -0.487. The van der Waals surface area contributed by atoms with Gasteiger partial charge >= 0.3 is 11.9 Å². The van der Waals surface area contributed by atoms with Crippen LogP contribution >= 0.6 is 0 Å². The molecule has 1 unspecified atom stereocenters. The zero-order chi connectivity index (χ0) is 22.6. The third-order valence-corrected chi connectivity index (χ3v) is 4.66. The van der Waals surface area contributed by atoms with E-state index in [1.54, 1.807) is 26.8 Å². The first-order valence-electron chi connectivity index (χ1n) is 10.1. The van der Waals surface area contributed by atoms with Crippen LogP contribution in [0.25, 0.3) is 0 Å². The highest BCUT2D eigenvalue weighted by Crippen LogP contribution is 2.33. The van der Waals surface area contributed by atoms with Gasteiger partial charge in [0.2, 0.25) is 5.60 Å². The molecule has 1 heterocycles. The van der Waals surface area contributed by atoms with Crippen LogP contribution in [0.4, 0.5) is 0 Å². The fourth-order valence-corrected chi connectivity index (χ4v) is 3.27. The predicted octanol–water partition coefficient (Wildman–Crippen LogP) is 4.25. The van der Waals surface area contributed by atoms with Gasteiger partial charge < -0.3 is 19.4 Å². The number of hydrogen-bond donors (Lipinski definition) is 1. The fourth-order valence-electron chi connectivity index (χ4n) is 3.27. The number of ether oxygens (including phenoxy) is 2. The quantitative estimate of drug-likeness (QED) is 0.667. The Morgan fingerprint density at radius 3 is 2.52 bits per heavy atom. The van der Waals surface area contributed by atoms with Crippen molar-refractivity contribution in [3.8, 4) is 5.75 Å². The average Bonchev–Trinajstić information content (AvgIpc) is 3.11. The second-order valence-electron chi connectivity index (χ2n) is 8.68. The fraction of sp³-hybridized carbons (Fsp3) is 0.375. The molecule has 0 aromatic heterocycles. The molecule has 0 bridgehead atoms. The number of carbonyl (C=O) groups excluding carboxylic acids is 1. The highest BCUT2D eigenvalue weighted by molar-refractivity contribution is 6.05. The molecule has 0 aliphatic carbocycles. The highest BCUT2D eigenvalue weighted by atomic mass is 16.7. The second-order valence-corrected chi connectivity index (χ2v) is 8.68. The molecule has 7 heteroatoms. The molecular formula is C24H27NO6. The molecular weight excluding hydrogens is 398 g/mol. The first-order valence-corrected chi connectivity index (χ1v) is 10.1. The van der Waals surface area contributed by atoms with E-state index in [0.717, 1.165) is 11.1 Å². The van der Waals surface area contributed by atoms with Crippen LogP contribution in [-0.4, -0.2) is 34.0 Å². The summed E-state index contributed by atoms with van der Waals surface area (Å²) < 4.78 is 11.2. The molecule has 2 aromatic rings. The van der Waals surface area contributed by atoms with Crippen LogP contribution in [0.1, 0.15) is 50.3 Å². The summed E-state index contributed by atoms with van der Waals surface area (Å²) in [5, 5.41) is 13.8. The molecule has 0 radical (unpaired) electrons. The molecule has 3 rings (SSSR count). The average molecular weight is 425 g/mol. The maximum atomic E-state index is 12.3. The van der Waals surface area contributed by atoms with E-state index in [-0.39, 0.29) is 6.42 Å². The van der Waals surface area contributed by atoms with Crippen LogP contribution in [-0.2, 0) is 25.8 Å². The van der Waals surface area contributed by atoms with Crippen molar-refractivity contribution in [1.29, 1.82) is 0 Å². The Kier molecular flexibility index (Phi) is 6.34. The number of aliphatic carboxylic acids is 1. The monoisotopic (exact) mass is 425 g/mol. The van der Waals surface area contributed by atoms with Crippen molar-refractivity contribution in [1.82, 2.24) is 0 Å². The lowest BCUT2D eigenvalue weighted by Crippen LogP contribution is -2.42. The van der Waals surface area contributed by atoms with Crippen LogP contribution in [0.5, 0.6) is 5.75 Å². The molecule has 1 aliphatic heterocycles. The van der Waals surface area contributed by atoms with Crippen molar-refractivity contribution in [2.45, 2.75) is 58.3 Å². The van der Waals surface area contributed by atoms with E-state index < -0.39 is 29.6 Å². The largest absolute Gasteiger partial charge is 0.489 e. The van der Waals surface area contributed by atoms with E-state index in [9.17, 15) is 14.7 Å². The minimum Gasteiger partial charge on any atom is -0.489 e. The van der Waals surface area contributed by atoms with Crippen LogP contribution in [0.3, 0.4) is 0 Å². The summed E-state index contributed by atoms with van der Waals surface area (Å²) in [5.74, 6) is -1.27. The molecule has 31 heavy (non-hydrogen) atoms. The summed E-state index contributed by atoms with van der Waals surface area (Å²) in [4.78, 5) is 29.5. The molecule has 0 amide bonds. The predicted molar refractivity (Wildman–Crippen MR) is 115 cm³/mol. The first-order chi connectivity index (χ1) is 14.6. The second kappa shape index (κ2) is 8.79. The maximum absolute atomic E-state index is 12.3. The highest BCUT2D eigenvalue weighted by Gasteiger charge is 2.49. The number of benzene rings is 2. The lowest BCUT2D eigenvalue weighted by Gasteiger charge is -2.24. The van der Waals surface area contributed by atoms with Crippen LogP contribution in [0.2, 0.25) is 0 Å². The molecule has 164 valence electrons. The van der Waals surface area contributed by atoms with E-state index in [0.29, 0.717) is 23.6 Å². The topological polar surface area (TPSA) is 94.4 Å².